The molecule has 3 nitrogen and oxygen atoms in total. The summed E-state index contributed by atoms with van der Waals surface area (Å²) >= 11 is 1.83. The molecule has 1 saturated heterocycles. The van der Waals surface area contributed by atoms with Crippen molar-refractivity contribution >= 4 is 40.2 Å². The first-order valence-corrected chi connectivity index (χ1v) is 10.2. The SMILES string of the molecule is CC1(C)OB(c2cc3c(c(-c4cc5ccccc5s4)c2)CN=C3)OC1(C)C. The Morgan fingerprint density at radius 1 is 1.00 bits per heavy atom. The zero-order chi connectivity index (χ0) is 18.8. The van der Waals surface area contributed by atoms with Gasteiger partial charge in [-0.25, -0.2) is 0 Å². The van der Waals surface area contributed by atoms with Crippen LogP contribution in [-0.4, -0.2) is 24.5 Å². The van der Waals surface area contributed by atoms with Crippen molar-refractivity contribution in [3.8, 4) is 10.4 Å². The van der Waals surface area contributed by atoms with Crippen LogP contribution in [0.5, 0.6) is 0 Å². The molecule has 0 unspecified atom stereocenters. The molecule has 2 aliphatic rings. The highest BCUT2D eigenvalue weighted by Crippen LogP contribution is 2.39. The summed E-state index contributed by atoms with van der Waals surface area (Å²) in [6, 6.07) is 15.2. The Bertz CT molecular complexity index is 1030. The summed E-state index contributed by atoms with van der Waals surface area (Å²) in [7, 11) is -0.359. The monoisotopic (exact) mass is 375 g/mol. The molecule has 0 amide bonds. The van der Waals surface area contributed by atoms with Crippen LogP contribution in [0, 0.1) is 0 Å². The number of nitrogens with zero attached hydrogens (tertiary/aromatic N) is 1. The second-order valence-electron chi connectivity index (χ2n) is 8.34. The summed E-state index contributed by atoms with van der Waals surface area (Å²) in [6.07, 6.45) is 1.97. The minimum atomic E-state index is -0.359. The molecule has 136 valence electrons. The molecule has 0 spiro atoms. The van der Waals surface area contributed by atoms with Crippen LogP contribution in [-0.2, 0) is 15.9 Å². The molecule has 5 heteroatoms. The maximum Gasteiger partial charge on any atom is 0.494 e. The summed E-state index contributed by atoms with van der Waals surface area (Å²) in [5.74, 6) is 0. The molecule has 3 aromatic rings. The highest BCUT2D eigenvalue weighted by molar-refractivity contribution is 7.22. The van der Waals surface area contributed by atoms with Gasteiger partial charge in [0.15, 0.2) is 0 Å². The summed E-state index contributed by atoms with van der Waals surface area (Å²) < 4.78 is 13.9. The van der Waals surface area contributed by atoms with E-state index in [2.05, 4.69) is 75.2 Å². The molecule has 2 aliphatic heterocycles. The van der Waals surface area contributed by atoms with Gasteiger partial charge in [0.05, 0.1) is 17.7 Å². The molecule has 1 fully saturated rings. The molecule has 0 saturated carbocycles. The predicted molar refractivity (Wildman–Crippen MR) is 114 cm³/mol. The van der Waals surface area contributed by atoms with Crippen LogP contribution in [0.2, 0.25) is 0 Å². The molecule has 5 rings (SSSR count). The van der Waals surface area contributed by atoms with Crippen molar-refractivity contribution in [3.63, 3.8) is 0 Å². The van der Waals surface area contributed by atoms with Crippen LogP contribution in [0.1, 0.15) is 38.8 Å². The van der Waals surface area contributed by atoms with Gasteiger partial charge in [-0.15, -0.1) is 11.3 Å². The molecule has 27 heavy (non-hydrogen) atoms. The van der Waals surface area contributed by atoms with Crippen molar-refractivity contribution in [1.82, 2.24) is 0 Å². The largest absolute Gasteiger partial charge is 0.494 e. The van der Waals surface area contributed by atoms with E-state index in [0.717, 1.165) is 12.0 Å². The molecule has 0 atom stereocenters. The average molecular weight is 375 g/mol. The summed E-state index contributed by atoms with van der Waals surface area (Å²) in [5.41, 5.74) is 4.09. The number of hydrogen-bond acceptors (Lipinski definition) is 4. The van der Waals surface area contributed by atoms with E-state index < -0.39 is 0 Å². The van der Waals surface area contributed by atoms with Crippen LogP contribution in [0.15, 0.2) is 47.5 Å². The molecule has 0 aliphatic carbocycles. The third-order valence-corrected chi connectivity index (χ3v) is 7.15. The van der Waals surface area contributed by atoms with Crippen molar-refractivity contribution in [1.29, 1.82) is 0 Å². The molecule has 0 bridgehead atoms. The molecule has 1 aromatic heterocycles. The molecular formula is C22H22BNO2S. The lowest BCUT2D eigenvalue weighted by molar-refractivity contribution is 0.00578. The first-order valence-electron chi connectivity index (χ1n) is 9.35. The Morgan fingerprint density at radius 2 is 1.74 bits per heavy atom. The summed E-state index contributed by atoms with van der Waals surface area (Å²) in [5, 5.41) is 1.28. The summed E-state index contributed by atoms with van der Waals surface area (Å²) in [6.45, 7) is 9.11. The third kappa shape index (κ3) is 2.68. The fourth-order valence-corrected chi connectivity index (χ4v) is 4.80. The fourth-order valence-electron chi connectivity index (χ4n) is 3.69. The third-order valence-electron chi connectivity index (χ3n) is 6.00. The lowest BCUT2D eigenvalue weighted by atomic mass is 9.76. The molecular weight excluding hydrogens is 353 g/mol. The van der Waals surface area contributed by atoms with Crippen LogP contribution in [0.25, 0.3) is 20.5 Å². The normalized spacial score (nSPS) is 19.8. The van der Waals surface area contributed by atoms with E-state index in [4.69, 9.17) is 9.31 Å². The van der Waals surface area contributed by atoms with Gasteiger partial charge in [0.2, 0.25) is 0 Å². The zero-order valence-electron chi connectivity index (χ0n) is 16.1. The first kappa shape index (κ1) is 17.2. The van der Waals surface area contributed by atoms with Crippen LogP contribution >= 0.6 is 11.3 Å². The maximum absolute atomic E-state index is 6.30. The standard InChI is InChI=1S/C22H22BNO2S/c1-21(2)22(3,4)26-23(25-21)16-9-15-12-24-13-18(15)17(11-16)20-10-14-7-5-6-8-19(14)27-20/h5-12H,13H2,1-4H3. The van der Waals surface area contributed by atoms with Crippen LogP contribution in [0.3, 0.4) is 0 Å². The Hall–Kier alpha value is -1.95. The smallest absolute Gasteiger partial charge is 0.399 e. The van der Waals surface area contributed by atoms with Gasteiger partial charge in [0.25, 0.3) is 0 Å². The van der Waals surface area contributed by atoms with Gasteiger partial charge in [-0.1, -0.05) is 30.3 Å². The summed E-state index contributed by atoms with van der Waals surface area (Å²) in [4.78, 5) is 5.79. The van der Waals surface area contributed by atoms with Crippen LogP contribution in [0.4, 0.5) is 0 Å². The molecule has 0 N–H and O–H groups in total. The minimum absolute atomic E-state index is 0.345. The van der Waals surface area contributed by atoms with Gasteiger partial charge >= 0.3 is 7.12 Å². The highest BCUT2D eigenvalue weighted by atomic mass is 32.1. The highest BCUT2D eigenvalue weighted by Gasteiger charge is 2.51. The molecule has 3 heterocycles. The van der Waals surface area contributed by atoms with E-state index in [9.17, 15) is 0 Å². The van der Waals surface area contributed by atoms with E-state index >= 15 is 0 Å². The topological polar surface area (TPSA) is 30.8 Å². The van der Waals surface area contributed by atoms with Gasteiger partial charge in [0, 0.05) is 15.8 Å². The minimum Gasteiger partial charge on any atom is -0.399 e. The van der Waals surface area contributed by atoms with Crippen molar-refractivity contribution in [2.75, 3.05) is 0 Å². The first-order chi connectivity index (χ1) is 12.8. The lowest BCUT2D eigenvalue weighted by Crippen LogP contribution is -2.41. The van der Waals surface area contributed by atoms with Crippen molar-refractivity contribution < 1.29 is 9.31 Å². The van der Waals surface area contributed by atoms with E-state index in [1.807, 2.05) is 17.6 Å². The van der Waals surface area contributed by atoms with Gasteiger partial charge in [0.1, 0.15) is 0 Å². The Kier molecular flexibility index (Phi) is 3.67. The van der Waals surface area contributed by atoms with Crippen molar-refractivity contribution in [3.05, 3.63) is 53.6 Å². The Balaban J connectivity index is 1.63. The van der Waals surface area contributed by atoms with E-state index in [1.54, 1.807) is 0 Å². The Labute approximate surface area is 164 Å². The lowest BCUT2D eigenvalue weighted by Gasteiger charge is -2.32. The maximum atomic E-state index is 6.30. The van der Waals surface area contributed by atoms with E-state index in [-0.39, 0.29) is 18.3 Å². The van der Waals surface area contributed by atoms with Gasteiger partial charge in [-0.05, 0) is 67.4 Å². The number of rotatable bonds is 2. The number of fused-ring (bicyclic) bond motifs is 2. The molecule has 0 radical (unpaired) electrons. The number of thiophene rings is 1. The number of benzene rings is 2. The fraction of sp³-hybridized carbons (Fsp3) is 0.318. The Morgan fingerprint density at radius 3 is 2.48 bits per heavy atom. The number of aliphatic imine (C=N–C) groups is 1. The average Bonchev–Trinajstić information content (AvgIpc) is 3.30. The quantitative estimate of drug-likeness (QED) is 0.603. The predicted octanol–water partition coefficient (Wildman–Crippen LogP) is 4.80. The zero-order valence-corrected chi connectivity index (χ0v) is 16.9. The van der Waals surface area contributed by atoms with Crippen molar-refractivity contribution in [2.24, 2.45) is 4.99 Å². The van der Waals surface area contributed by atoms with Crippen molar-refractivity contribution in [2.45, 2.75) is 45.4 Å². The number of hydrogen-bond donors (Lipinski definition) is 0. The van der Waals surface area contributed by atoms with Crippen LogP contribution < -0.4 is 5.46 Å². The van der Waals surface area contributed by atoms with E-state index in [0.29, 0.717) is 0 Å². The van der Waals surface area contributed by atoms with Gasteiger partial charge in [-0.2, -0.15) is 0 Å². The second kappa shape index (κ2) is 5.77. The molecule has 2 aromatic carbocycles. The van der Waals surface area contributed by atoms with Gasteiger partial charge < -0.3 is 9.31 Å². The van der Waals surface area contributed by atoms with Gasteiger partial charge in [-0.3, -0.25) is 4.99 Å². The van der Waals surface area contributed by atoms with E-state index in [1.165, 1.54) is 31.7 Å². The second-order valence-corrected chi connectivity index (χ2v) is 9.43.